The lowest BCUT2D eigenvalue weighted by Crippen LogP contribution is -3.05. The highest BCUT2D eigenvalue weighted by atomic mass is 16.5. The van der Waals surface area contributed by atoms with Crippen molar-refractivity contribution in [3.8, 4) is 0 Å². The number of unbranched alkanes of at least 4 members (excludes halogenated alkanes) is 3. The standard InChI is InChI=1S/C95H120N34O20/c1-119(2)38-18-32-96-73(130)27-35-100-87(140)64-41-59(47-120(64)3)106-89(142)67-40-58(46-124(67)7)105-77(134)29-36-101-88(141)65-42-60(48-121(65)4)107-91(144)68-44-61(49-125(68)8)108-90(143)66-39-57(45-123(66)6)104-76(133)21-17-31-98-86(139)63-43-62(50-122(63)5)109-93(146)82-115-72(54-129(82)12)117-95(148)84-113-70(52-128(84)11)111-79(136)30-37-102-92(145)81-114-71(53-126(81)9)116-94(147)83-112-69(51-127(83)10)110-78(135)28-33-97-74(131)26-34-99-85(138)55-22-24-56(25-23-55)103-75(132)19-15-13-14-16-20-80(137)118-149/h22-25,39-54,149H,13-21,26-38H2,1-12H3,(H,96,130)(H,97,131)(H,98,139)(H,99,138)(H,100,140)(H,101,141)(H,102,145)(H,103,132)(H,104,133)(H,105,134)(H,106,142)(H,107,144)(H,108,143)(H,109,146)(H,110,135)(H,111,136)(H,116,147)(H,117,148)(H,118,137)/p+1. The molecule has 0 atom stereocenters. The fourth-order valence-electron chi connectivity index (χ4n) is 15.2. The summed E-state index contributed by atoms with van der Waals surface area (Å²) < 4.78 is 14.4. The van der Waals surface area contributed by atoms with Gasteiger partial charge in [0.05, 0.1) is 54.8 Å². The number of carbonyl (C=O) groups excluding carboxylic acids is 19. The Hall–Kier alpha value is -18.4. The fourth-order valence-corrected chi connectivity index (χ4v) is 15.2. The van der Waals surface area contributed by atoms with Crippen LogP contribution in [-0.4, -0.2) is 250 Å². The Morgan fingerprint density at radius 3 is 0.866 bits per heavy atom. The molecule has 19 amide bonds. The third kappa shape index (κ3) is 32.5. The number of imidazole rings is 4. The van der Waals surface area contributed by atoms with Crippen LogP contribution in [0.2, 0.25) is 0 Å². The van der Waals surface area contributed by atoms with E-state index in [1.54, 1.807) is 76.9 Å². The van der Waals surface area contributed by atoms with Crippen molar-refractivity contribution in [2.45, 2.75) is 89.9 Å². The van der Waals surface area contributed by atoms with Crippen LogP contribution in [0.15, 0.2) is 123 Å². The summed E-state index contributed by atoms with van der Waals surface area (Å²) in [5, 5.41) is 56.9. The van der Waals surface area contributed by atoms with Gasteiger partial charge in [-0.1, -0.05) is 12.8 Å². The molecule has 0 aliphatic rings. The maximum absolute atomic E-state index is 13.6. The molecular weight excluding hydrogens is 1940 g/mol. The smallest absolute Gasteiger partial charge is 0.292 e. The Morgan fingerprint density at radius 1 is 0.235 bits per heavy atom. The second kappa shape index (κ2) is 52.2. The Morgan fingerprint density at radius 2 is 0.497 bits per heavy atom. The number of amides is 19. The number of aryl methyl sites for hydroxylation is 10. The third-order valence-electron chi connectivity index (χ3n) is 22.7. The number of anilines is 11. The number of nitrogens with one attached hydrogen (secondary N) is 20. The zero-order valence-corrected chi connectivity index (χ0v) is 84.1. The molecule has 1 aromatic carbocycles. The van der Waals surface area contributed by atoms with Crippen molar-refractivity contribution >= 4 is 175 Å². The van der Waals surface area contributed by atoms with Crippen LogP contribution in [0.3, 0.4) is 0 Å². The van der Waals surface area contributed by atoms with Crippen LogP contribution in [-0.2, 0) is 109 Å². The van der Waals surface area contributed by atoms with Crippen LogP contribution >= 0.6 is 0 Å². The highest BCUT2D eigenvalue weighted by Crippen LogP contribution is 2.25. The zero-order valence-electron chi connectivity index (χ0n) is 84.1. The van der Waals surface area contributed by atoms with Gasteiger partial charge in [-0.3, -0.25) is 96.3 Å². The lowest BCUT2D eigenvalue weighted by molar-refractivity contribution is -0.858. The minimum atomic E-state index is -0.761. The molecule has 0 unspecified atom stereocenters. The molecule has 0 aliphatic carbocycles. The SMILES string of the molecule is Cn1cc(NC(=O)c2nc(NC(=O)c3nc(NC(=O)CCNC(=O)c4nc(NC(=O)c5nc(NC(=O)CCNC(=O)CCNC(=O)c6ccc(NC(=O)CCCCCCC(=O)NO)cc6)cn5C)cn4C)cn3C)cn2C)cc1C(=O)NCCCC(=O)Nc1cc(C(=O)Nc2cc(C(=O)Nc3cc(C(=O)NCCC(=O)Nc4cc(C(=O)Nc5cc(C(=O)NCCC(=O)NCCC[NH+](C)C)n(C)c5)n(C)c4)n(C)c3)n(C)c2)n(C)c1. The summed E-state index contributed by atoms with van der Waals surface area (Å²) >= 11 is 0. The normalized spacial score (nSPS) is 10.9. The number of hydroxylamine groups is 1. The molecule has 790 valence electrons. The molecular formula is C95H121N34O20+. The molecule has 0 radical (unpaired) electrons. The molecule has 0 saturated carbocycles. The molecule has 10 heterocycles. The third-order valence-corrected chi connectivity index (χ3v) is 22.7. The summed E-state index contributed by atoms with van der Waals surface area (Å²) in [6, 6.07) is 15.0. The van der Waals surface area contributed by atoms with Crippen LogP contribution in [0.1, 0.15) is 206 Å². The van der Waals surface area contributed by atoms with Gasteiger partial charge in [0.1, 0.15) is 34.2 Å². The van der Waals surface area contributed by atoms with Gasteiger partial charge in [0.2, 0.25) is 70.6 Å². The second-order valence-electron chi connectivity index (χ2n) is 35.2. The Kier molecular flexibility index (Phi) is 38.9. The topological polar surface area (TPSA) is 678 Å². The van der Waals surface area contributed by atoms with E-state index in [0.717, 1.165) is 25.8 Å². The van der Waals surface area contributed by atoms with E-state index in [2.05, 4.69) is 116 Å². The first-order valence-corrected chi connectivity index (χ1v) is 47.3. The number of hydrogen-bond donors (Lipinski definition) is 21. The van der Waals surface area contributed by atoms with E-state index in [4.69, 9.17) is 5.21 Å². The maximum Gasteiger partial charge on any atom is 0.292 e. The molecule has 0 fully saturated rings. The summed E-state index contributed by atoms with van der Waals surface area (Å²) in [5.74, 6) is -10.4. The first-order chi connectivity index (χ1) is 71.0. The predicted molar refractivity (Wildman–Crippen MR) is 543 cm³/mol. The van der Waals surface area contributed by atoms with Gasteiger partial charge in [0.15, 0.2) is 23.3 Å². The van der Waals surface area contributed by atoms with Gasteiger partial charge >= 0.3 is 0 Å². The lowest BCUT2D eigenvalue weighted by atomic mass is 10.1. The molecule has 10 aromatic heterocycles. The number of carbonyl (C=O) groups is 19. The lowest BCUT2D eigenvalue weighted by Gasteiger charge is -2.09. The highest BCUT2D eigenvalue weighted by molar-refractivity contribution is 6.11. The van der Waals surface area contributed by atoms with Gasteiger partial charge in [0, 0.05) is 247 Å². The Bertz CT molecular complexity index is 6860. The van der Waals surface area contributed by atoms with Crippen molar-refractivity contribution < 1.29 is 101 Å². The van der Waals surface area contributed by atoms with Crippen molar-refractivity contribution in [2.24, 2.45) is 70.5 Å². The number of nitrogens with zero attached hydrogens (tertiary/aromatic N) is 14. The molecule has 0 aliphatic heterocycles. The van der Waals surface area contributed by atoms with E-state index in [1.165, 1.54) is 172 Å². The van der Waals surface area contributed by atoms with Crippen molar-refractivity contribution in [3.63, 3.8) is 0 Å². The first kappa shape index (κ1) is 111. The number of benzene rings is 1. The van der Waals surface area contributed by atoms with Gasteiger partial charge in [-0.15, -0.1) is 0 Å². The zero-order chi connectivity index (χ0) is 108. The van der Waals surface area contributed by atoms with Gasteiger partial charge in [-0.2, -0.15) is 0 Å². The minimum Gasteiger partial charge on any atom is -0.356 e. The van der Waals surface area contributed by atoms with E-state index < -0.39 is 100 Å². The van der Waals surface area contributed by atoms with Crippen molar-refractivity contribution in [1.29, 1.82) is 0 Å². The van der Waals surface area contributed by atoms with E-state index in [9.17, 15) is 91.1 Å². The highest BCUT2D eigenvalue weighted by Gasteiger charge is 2.28. The number of aromatic nitrogens is 14. The van der Waals surface area contributed by atoms with E-state index in [0.29, 0.717) is 47.7 Å². The Labute approximate surface area is 851 Å². The maximum atomic E-state index is 13.6. The van der Waals surface area contributed by atoms with Crippen LogP contribution in [0.25, 0.3) is 0 Å². The summed E-state index contributed by atoms with van der Waals surface area (Å²) in [6.07, 6.45) is 18.3. The molecule has 21 N–H and O–H groups in total. The number of hydrogen-bond acceptors (Lipinski definition) is 24. The van der Waals surface area contributed by atoms with Crippen LogP contribution in [0, 0.1) is 0 Å². The van der Waals surface area contributed by atoms with Gasteiger partial charge < -0.3 is 146 Å². The van der Waals surface area contributed by atoms with Gasteiger partial charge in [-0.25, -0.2) is 25.4 Å². The van der Waals surface area contributed by atoms with E-state index in [1.807, 2.05) is 14.1 Å². The molecule has 54 heteroatoms. The molecule has 11 aromatic rings. The van der Waals surface area contributed by atoms with Crippen molar-refractivity contribution in [3.05, 3.63) is 186 Å². The average Bonchev–Trinajstić information content (AvgIpc) is 1.69. The van der Waals surface area contributed by atoms with Crippen LogP contribution < -0.4 is 106 Å². The molecule has 0 spiro atoms. The number of rotatable bonds is 52. The van der Waals surface area contributed by atoms with Crippen molar-refractivity contribution in [2.75, 3.05) is 125 Å². The summed E-state index contributed by atoms with van der Waals surface area (Å²) in [6.45, 7) is 1.35. The fraction of sp³-hybridized carbons (Fsp3) is 0.358. The molecule has 0 bridgehead atoms. The monoisotopic (exact) mass is 2060 g/mol. The average molecular weight is 2060 g/mol. The molecule has 149 heavy (non-hydrogen) atoms. The quantitative estimate of drug-likeness (QED) is 0.0146. The van der Waals surface area contributed by atoms with Gasteiger partial charge in [-0.05, 0) is 79.9 Å². The van der Waals surface area contributed by atoms with Gasteiger partial charge in [0.25, 0.3) is 65.0 Å². The summed E-state index contributed by atoms with van der Waals surface area (Å²) in [7, 11) is 19.7. The van der Waals surface area contributed by atoms with Crippen LogP contribution in [0.5, 0.6) is 0 Å². The number of quaternary nitrogens is 1. The van der Waals surface area contributed by atoms with E-state index in [-0.39, 0.29) is 207 Å². The first-order valence-electron chi connectivity index (χ1n) is 47.3. The molecule has 0 saturated heterocycles. The van der Waals surface area contributed by atoms with Crippen LogP contribution in [0.4, 0.5) is 63.1 Å². The largest absolute Gasteiger partial charge is 0.356 e. The van der Waals surface area contributed by atoms with E-state index >= 15 is 0 Å². The summed E-state index contributed by atoms with van der Waals surface area (Å²) in [5.41, 5.74) is 5.16. The molecule has 54 nitrogen and oxygen atoms in total. The second-order valence-corrected chi connectivity index (χ2v) is 35.2. The Balaban J connectivity index is 0.531. The predicted octanol–water partition coefficient (Wildman–Crippen LogP) is 1.65. The summed E-state index contributed by atoms with van der Waals surface area (Å²) in [4.78, 5) is 265. The van der Waals surface area contributed by atoms with Crippen molar-refractivity contribution in [1.82, 2.24) is 108 Å². The molecule has 11 rings (SSSR count). The minimum absolute atomic E-state index is 0.00576.